The van der Waals surface area contributed by atoms with Gasteiger partial charge in [-0.1, -0.05) is 27.7 Å². The van der Waals surface area contributed by atoms with E-state index in [0.717, 1.165) is 0 Å². The molecule has 12 heteroatoms. The van der Waals surface area contributed by atoms with Gasteiger partial charge < -0.3 is 19.5 Å². The van der Waals surface area contributed by atoms with Crippen LogP contribution >= 0.6 is 0 Å². The van der Waals surface area contributed by atoms with Crippen molar-refractivity contribution in [3.05, 3.63) is 5.69 Å². The van der Waals surface area contributed by atoms with Gasteiger partial charge in [0.2, 0.25) is 11.9 Å². The van der Waals surface area contributed by atoms with Gasteiger partial charge in [0.15, 0.2) is 17.6 Å². The maximum absolute atomic E-state index is 16.3. The molecule has 0 spiro atoms. The van der Waals surface area contributed by atoms with Gasteiger partial charge in [-0.25, -0.2) is 9.37 Å². The first-order valence-corrected chi connectivity index (χ1v) is 11.7. The number of nitrogens with one attached hydrogen (secondary N) is 2. The number of esters is 2. The summed E-state index contributed by atoms with van der Waals surface area (Å²) >= 11 is 0. The van der Waals surface area contributed by atoms with Crippen LogP contribution in [0.2, 0.25) is 0 Å². The third-order valence-electron chi connectivity index (χ3n) is 5.91. The van der Waals surface area contributed by atoms with Gasteiger partial charge in [0.1, 0.15) is 24.5 Å². The SMILES string of the molecule is CCC(=O)Nc1nc(NC)c2c(n1)C([C@@H]1O[C@H](COC(=O)C(C)C)[C@@H](OC(=O)CC)[C@@]1(C)F)C=N2. The van der Waals surface area contributed by atoms with E-state index in [1.165, 1.54) is 13.1 Å². The molecule has 1 aromatic rings. The van der Waals surface area contributed by atoms with E-state index >= 15 is 4.39 Å². The Bertz CT molecular complexity index is 1010. The highest BCUT2D eigenvalue weighted by atomic mass is 19.1. The highest BCUT2D eigenvalue weighted by Gasteiger charge is 2.60. The Morgan fingerprint density at radius 2 is 1.94 bits per heavy atom. The quantitative estimate of drug-likeness (QED) is 0.497. The highest BCUT2D eigenvalue weighted by Crippen LogP contribution is 2.47. The van der Waals surface area contributed by atoms with E-state index in [9.17, 15) is 14.4 Å². The number of fused-ring (bicyclic) bond motifs is 1. The number of aromatic nitrogens is 2. The van der Waals surface area contributed by atoms with E-state index in [0.29, 0.717) is 17.2 Å². The van der Waals surface area contributed by atoms with Gasteiger partial charge in [0.25, 0.3) is 0 Å². The molecule has 2 N–H and O–H groups in total. The largest absolute Gasteiger partial charge is 0.463 e. The number of nitrogens with zero attached hydrogens (tertiary/aromatic N) is 3. The number of hydrogen-bond donors (Lipinski definition) is 2. The second-order valence-electron chi connectivity index (χ2n) is 8.88. The van der Waals surface area contributed by atoms with Crippen molar-refractivity contribution in [2.45, 2.75) is 77.4 Å². The van der Waals surface area contributed by atoms with Crippen molar-refractivity contribution in [2.75, 3.05) is 24.3 Å². The van der Waals surface area contributed by atoms with E-state index in [2.05, 4.69) is 25.6 Å². The van der Waals surface area contributed by atoms with E-state index in [1.807, 2.05) is 0 Å². The van der Waals surface area contributed by atoms with E-state index in [4.69, 9.17) is 14.2 Å². The normalized spacial score (nSPS) is 27.0. The van der Waals surface area contributed by atoms with Gasteiger partial charge in [-0.3, -0.25) is 24.7 Å². The number of anilines is 2. The van der Waals surface area contributed by atoms with Crippen molar-refractivity contribution in [3.63, 3.8) is 0 Å². The van der Waals surface area contributed by atoms with Gasteiger partial charge >= 0.3 is 11.9 Å². The third kappa shape index (κ3) is 5.42. The van der Waals surface area contributed by atoms with Crippen molar-refractivity contribution in [1.82, 2.24) is 9.97 Å². The molecule has 0 radical (unpaired) electrons. The number of carbonyl (C=O) groups is 3. The van der Waals surface area contributed by atoms with Crippen molar-refractivity contribution in [2.24, 2.45) is 10.9 Å². The molecule has 35 heavy (non-hydrogen) atoms. The van der Waals surface area contributed by atoms with Gasteiger partial charge in [0, 0.05) is 26.1 Å². The predicted octanol–water partition coefficient (Wildman–Crippen LogP) is 2.68. The van der Waals surface area contributed by atoms with Crippen molar-refractivity contribution in [3.8, 4) is 0 Å². The number of aliphatic imine (C=N–C) groups is 1. The van der Waals surface area contributed by atoms with E-state index in [-0.39, 0.29) is 37.2 Å². The van der Waals surface area contributed by atoms with Crippen LogP contribution in [-0.2, 0) is 28.6 Å². The number of amides is 1. The van der Waals surface area contributed by atoms with Gasteiger partial charge in [-0.2, -0.15) is 4.98 Å². The molecule has 2 aliphatic rings. The van der Waals surface area contributed by atoms with E-state index in [1.54, 1.807) is 34.7 Å². The van der Waals surface area contributed by atoms with Crippen LogP contribution in [-0.4, -0.2) is 71.7 Å². The van der Waals surface area contributed by atoms with Crippen LogP contribution < -0.4 is 10.6 Å². The lowest BCUT2D eigenvalue weighted by molar-refractivity contribution is -0.162. The Morgan fingerprint density at radius 3 is 2.54 bits per heavy atom. The fourth-order valence-electron chi connectivity index (χ4n) is 3.95. The highest BCUT2D eigenvalue weighted by molar-refractivity contribution is 5.90. The number of alkyl halides is 1. The number of halogens is 1. The fraction of sp³-hybridized carbons (Fsp3) is 0.652. The zero-order valence-electron chi connectivity index (χ0n) is 20.8. The molecular formula is C23H32FN5O6. The predicted molar refractivity (Wildman–Crippen MR) is 126 cm³/mol. The van der Waals surface area contributed by atoms with Gasteiger partial charge in [0.05, 0.1) is 17.5 Å². The van der Waals surface area contributed by atoms with Crippen LogP contribution in [0.15, 0.2) is 4.99 Å². The van der Waals surface area contributed by atoms with E-state index < -0.39 is 41.8 Å². The smallest absolute Gasteiger partial charge is 0.308 e. The standard InChI is InChI=1S/C23H32FN5O6/c1-7-14(30)27-22-28-16-12(9-26-17(16)20(25-6)29-22)18-23(5,24)19(35-15(31)8-2)13(34-18)10-33-21(32)11(3)4/h9,11-13,18-19H,7-8,10H2,1-6H3,(H2,25,27,28,29,30)/t12?,13-,18+,19-,23+/m1/s1. The average Bonchev–Trinajstić information content (AvgIpc) is 3.34. The molecule has 192 valence electrons. The van der Waals surface area contributed by atoms with Crippen molar-refractivity contribution in [1.29, 1.82) is 0 Å². The molecule has 1 amide bonds. The summed E-state index contributed by atoms with van der Waals surface area (Å²) < 4.78 is 33.1. The van der Waals surface area contributed by atoms with Crippen LogP contribution in [0.4, 0.5) is 21.8 Å². The van der Waals surface area contributed by atoms with Gasteiger partial charge in [-0.15, -0.1) is 0 Å². The summed E-state index contributed by atoms with van der Waals surface area (Å²) in [6.45, 7) is 7.64. The fourth-order valence-corrected chi connectivity index (χ4v) is 3.95. The first-order chi connectivity index (χ1) is 16.5. The lowest BCUT2D eigenvalue weighted by atomic mass is 9.86. The first-order valence-electron chi connectivity index (χ1n) is 11.7. The molecule has 11 nitrogen and oxygen atoms in total. The third-order valence-corrected chi connectivity index (χ3v) is 5.91. The summed E-state index contributed by atoms with van der Waals surface area (Å²) in [6.07, 6.45) is -1.75. The molecule has 0 bridgehead atoms. The molecule has 3 heterocycles. The Morgan fingerprint density at radius 1 is 1.23 bits per heavy atom. The van der Waals surface area contributed by atoms with Crippen LogP contribution in [0, 0.1) is 5.92 Å². The molecule has 2 aliphatic heterocycles. The van der Waals surface area contributed by atoms with Crippen LogP contribution in [0.3, 0.4) is 0 Å². The molecule has 0 saturated carbocycles. The molecule has 1 unspecified atom stereocenters. The lowest BCUT2D eigenvalue weighted by Gasteiger charge is -2.29. The first kappa shape index (κ1) is 26.5. The molecule has 0 aromatic carbocycles. The molecule has 1 aromatic heterocycles. The molecule has 1 fully saturated rings. The summed E-state index contributed by atoms with van der Waals surface area (Å²) in [5, 5.41) is 5.51. The Hall–Kier alpha value is -3.15. The Kier molecular flexibility index (Phi) is 8.04. The number of hydrogen-bond acceptors (Lipinski definition) is 10. The molecule has 0 aliphatic carbocycles. The summed E-state index contributed by atoms with van der Waals surface area (Å²) in [7, 11) is 1.64. The molecule has 3 rings (SSSR count). The Labute approximate surface area is 203 Å². The van der Waals surface area contributed by atoms with Crippen LogP contribution in [0.5, 0.6) is 0 Å². The molecule has 5 atom stereocenters. The molecule has 1 saturated heterocycles. The van der Waals surface area contributed by atoms with Crippen molar-refractivity contribution < 1.29 is 33.0 Å². The zero-order chi connectivity index (χ0) is 25.9. The number of carbonyl (C=O) groups excluding carboxylic acids is 3. The minimum atomic E-state index is -2.17. The minimum Gasteiger partial charge on any atom is -0.463 e. The second kappa shape index (κ2) is 10.6. The summed E-state index contributed by atoms with van der Waals surface area (Å²) in [6, 6.07) is 0. The summed E-state index contributed by atoms with van der Waals surface area (Å²) in [4.78, 5) is 49.0. The lowest BCUT2D eigenvalue weighted by Crippen LogP contribution is -2.47. The maximum atomic E-state index is 16.3. The monoisotopic (exact) mass is 493 g/mol. The van der Waals surface area contributed by atoms with Gasteiger partial charge in [-0.05, 0) is 6.92 Å². The number of rotatable bonds is 9. The van der Waals surface area contributed by atoms with Crippen LogP contribution in [0.25, 0.3) is 0 Å². The zero-order valence-corrected chi connectivity index (χ0v) is 20.8. The summed E-state index contributed by atoms with van der Waals surface area (Å²) in [5.74, 6) is -2.13. The minimum absolute atomic E-state index is 0.0444. The topological polar surface area (TPSA) is 141 Å². The maximum Gasteiger partial charge on any atom is 0.308 e. The van der Waals surface area contributed by atoms with Crippen molar-refractivity contribution >= 4 is 41.5 Å². The average molecular weight is 494 g/mol. The Balaban J connectivity index is 1.95. The summed E-state index contributed by atoms with van der Waals surface area (Å²) in [5.41, 5.74) is -1.43. The number of ether oxygens (including phenoxy) is 3. The van der Waals surface area contributed by atoms with Crippen LogP contribution in [0.1, 0.15) is 59.1 Å². The molecular weight excluding hydrogens is 461 g/mol. The second-order valence-corrected chi connectivity index (χ2v) is 8.88.